The zero-order chi connectivity index (χ0) is 12.9. The lowest BCUT2D eigenvalue weighted by molar-refractivity contribution is 0.180. The van der Waals surface area contributed by atoms with Gasteiger partial charge in [-0.3, -0.25) is 0 Å². The van der Waals surface area contributed by atoms with E-state index < -0.39 is 0 Å². The third-order valence-electron chi connectivity index (χ3n) is 3.23. The number of hydrogen-bond donors (Lipinski definition) is 2. The average Bonchev–Trinajstić information content (AvgIpc) is 2.34. The highest BCUT2D eigenvalue weighted by Gasteiger charge is 2.19. The molecule has 100 valence electrons. The molecule has 0 aromatic heterocycles. The van der Waals surface area contributed by atoms with Crippen molar-refractivity contribution in [1.82, 2.24) is 0 Å². The molecule has 17 heavy (non-hydrogen) atoms. The van der Waals surface area contributed by atoms with Crippen LogP contribution in [0.5, 0.6) is 0 Å². The molecule has 1 fully saturated rings. The summed E-state index contributed by atoms with van der Waals surface area (Å²) >= 11 is 0. The Morgan fingerprint density at radius 2 is 1.24 bits per heavy atom. The van der Waals surface area contributed by atoms with Crippen molar-refractivity contribution in [3.8, 4) is 0 Å². The zero-order valence-electron chi connectivity index (χ0n) is 10.7. The number of rotatable bonds is 6. The molecule has 3 nitrogen and oxygen atoms in total. The fraction of sp³-hybridized carbons (Fsp3) is 0.714. The predicted octanol–water partition coefficient (Wildman–Crippen LogP) is 2.85. The Hall–Kier alpha value is -0.800. The quantitative estimate of drug-likeness (QED) is 0.704. The summed E-state index contributed by atoms with van der Waals surface area (Å²) in [5.41, 5.74) is 0. The van der Waals surface area contributed by atoms with Gasteiger partial charge < -0.3 is 14.9 Å². The third-order valence-corrected chi connectivity index (χ3v) is 3.23. The van der Waals surface area contributed by atoms with Crippen molar-refractivity contribution in [1.29, 1.82) is 0 Å². The van der Waals surface area contributed by atoms with E-state index in [9.17, 15) is 0 Å². The smallest absolute Gasteiger partial charge is 0.0829 e. The average molecular weight is 242 g/mol. The van der Waals surface area contributed by atoms with E-state index in [0.29, 0.717) is 13.2 Å². The van der Waals surface area contributed by atoms with Crippen molar-refractivity contribution in [2.24, 2.45) is 11.8 Å². The lowest BCUT2D eigenvalue weighted by Crippen LogP contribution is -2.16. The molecule has 0 spiro atoms. The van der Waals surface area contributed by atoms with Gasteiger partial charge in [0.1, 0.15) is 0 Å². The van der Waals surface area contributed by atoms with Crippen LogP contribution in [0, 0.1) is 11.8 Å². The van der Waals surface area contributed by atoms with Crippen LogP contribution in [-0.4, -0.2) is 23.4 Å². The Kier molecular flexibility index (Phi) is 11.1. The van der Waals surface area contributed by atoms with Crippen molar-refractivity contribution in [3.63, 3.8) is 0 Å². The van der Waals surface area contributed by atoms with Crippen molar-refractivity contribution in [3.05, 3.63) is 25.7 Å². The monoisotopic (exact) mass is 242 g/mol. The van der Waals surface area contributed by atoms with Gasteiger partial charge in [0.15, 0.2) is 0 Å². The molecule has 0 atom stereocenters. The molecule has 0 aliphatic heterocycles. The molecule has 0 aromatic rings. The molecule has 0 aromatic carbocycles. The van der Waals surface area contributed by atoms with Gasteiger partial charge in [-0.25, -0.2) is 0 Å². The van der Waals surface area contributed by atoms with Gasteiger partial charge in [0, 0.05) is 13.2 Å². The van der Waals surface area contributed by atoms with Gasteiger partial charge in [-0.15, -0.1) is 0 Å². The highest BCUT2D eigenvalue weighted by atomic mass is 16.5. The summed E-state index contributed by atoms with van der Waals surface area (Å²) in [6.07, 6.45) is 9.60. The Morgan fingerprint density at radius 3 is 1.41 bits per heavy atom. The summed E-state index contributed by atoms with van der Waals surface area (Å²) in [5.74, 6) is 1.51. The van der Waals surface area contributed by atoms with Crippen molar-refractivity contribution in [2.75, 3.05) is 13.2 Å². The van der Waals surface area contributed by atoms with Gasteiger partial charge >= 0.3 is 0 Å². The molecule has 1 aliphatic carbocycles. The van der Waals surface area contributed by atoms with E-state index in [2.05, 4.69) is 17.9 Å². The first kappa shape index (κ1) is 16.2. The maximum Gasteiger partial charge on any atom is 0.0829 e. The Morgan fingerprint density at radius 1 is 0.882 bits per heavy atom. The fourth-order valence-electron chi connectivity index (χ4n) is 2.24. The minimum absolute atomic E-state index is 0.343. The Labute approximate surface area is 105 Å². The molecule has 0 amide bonds. The molecule has 0 heterocycles. The summed E-state index contributed by atoms with van der Waals surface area (Å²) in [5, 5.41) is 17.5. The highest BCUT2D eigenvalue weighted by molar-refractivity contribution is 4.72. The lowest BCUT2D eigenvalue weighted by Gasteiger charge is -2.27. The molecule has 0 saturated heterocycles. The number of hydrogen-bond acceptors (Lipinski definition) is 3. The van der Waals surface area contributed by atoms with Gasteiger partial charge in [0.05, 0.1) is 12.5 Å². The van der Waals surface area contributed by atoms with Crippen molar-refractivity contribution in [2.45, 2.75) is 38.5 Å². The molecule has 0 unspecified atom stereocenters. The van der Waals surface area contributed by atoms with E-state index in [4.69, 9.17) is 10.2 Å². The zero-order valence-corrected chi connectivity index (χ0v) is 10.7. The second-order valence-electron chi connectivity index (χ2n) is 4.38. The largest absolute Gasteiger partial charge is 0.474 e. The third kappa shape index (κ3) is 8.95. The Bertz CT molecular complexity index is 164. The van der Waals surface area contributed by atoms with E-state index in [0.717, 1.165) is 24.7 Å². The predicted molar refractivity (Wildman–Crippen MR) is 70.3 cm³/mol. The van der Waals surface area contributed by atoms with Gasteiger partial charge in [-0.1, -0.05) is 38.8 Å². The minimum Gasteiger partial charge on any atom is -0.474 e. The number of ether oxygens (including phenoxy) is 1. The van der Waals surface area contributed by atoms with Crippen LogP contribution in [0.4, 0.5) is 0 Å². The van der Waals surface area contributed by atoms with Crippen LogP contribution >= 0.6 is 0 Å². The standard InChI is InChI=1S/C10H20O2.C4H6O/c11-7-5-9-1-2-10(4-3-9)6-8-12;1-3-5-4-2/h9-12H,1-8H2;3-4H,1-2H2. The summed E-state index contributed by atoms with van der Waals surface area (Å²) < 4.78 is 4.36. The molecule has 2 N–H and O–H groups in total. The van der Waals surface area contributed by atoms with Crippen LogP contribution < -0.4 is 0 Å². The SMILES string of the molecule is C=COC=C.OCCC1CCC(CCO)CC1. The van der Waals surface area contributed by atoms with Crippen molar-refractivity contribution >= 4 is 0 Å². The normalized spacial score (nSPS) is 23.2. The van der Waals surface area contributed by atoms with Crippen LogP contribution in [0.2, 0.25) is 0 Å². The first-order valence-electron chi connectivity index (χ1n) is 6.37. The molecule has 1 rings (SSSR count). The summed E-state index contributed by atoms with van der Waals surface area (Å²) in [7, 11) is 0. The van der Waals surface area contributed by atoms with Crippen LogP contribution in [0.3, 0.4) is 0 Å². The van der Waals surface area contributed by atoms with Gasteiger partial charge in [-0.2, -0.15) is 0 Å². The van der Waals surface area contributed by atoms with Crippen LogP contribution in [-0.2, 0) is 4.74 Å². The first-order chi connectivity index (χ1) is 8.28. The van der Waals surface area contributed by atoms with Gasteiger partial charge in [-0.05, 0) is 24.7 Å². The molecular weight excluding hydrogens is 216 g/mol. The van der Waals surface area contributed by atoms with Crippen LogP contribution in [0.1, 0.15) is 38.5 Å². The molecular formula is C14H26O3. The lowest BCUT2D eigenvalue weighted by atomic mass is 9.79. The van der Waals surface area contributed by atoms with E-state index >= 15 is 0 Å². The van der Waals surface area contributed by atoms with E-state index in [1.54, 1.807) is 0 Å². The second-order valence-corrected chi connectivity index (χ2v) is 4.38. The summed E-state index contributed by atoms with van der Waals surface area (Å²) in [4.78, 5) is 0. The first-order valence-corrected chi connectivity index (χ1v) is 6.37. The minimum atomic E-state index is 0.343. The maximum absolute atomic E-state index is 8.75. The highest BCUT2D eigenvalue weighted by Crippen LogP contribution is 2.31. The van der Waals surface area contributed by atoms with Crippen LogP contribution in [0.25, 0.3) is 0 Å². The summed E-state index contributed by atoms with van der Waals surface area (Å²) in [6.45, 7) is 7.20. The molecule has 1 saturated carbocycles. The van der Waals surface area contributed by atoms with E-state index in [1.807, 2.05) is 0 Å². The van der Waals surface area contributed by atoms with E-state index in [-0.39, 0.29) is 0 Å². The van der Waals surface area contributed by atoms with Gasteiger partial charge in [0.25, 0.3) is 0 Å². The van der Waals surface area contributed by atoms with Crippen LogP contribution in [0.15, 0.2) is 25.7 Å². The topological polar surface area (TPSA) is 49.7 Å². The molecule has 0 bridgehead atoms. The summed E-state index contributed by atoms with van der Waals surface area (Å²) in [6, 6.07) is 0. The van der Waals surface area contributed by atoms with Gasteiger partial charge in [0.2, 0.25) is 0 Å². The molecule has 3 heteroatoms. The van der Waals surface area contributed by atoms with E-state index in [1.165, 1.54) is 38.2 Å². The second kappa shape index (κ2) is 11.7. The Balaban J connectivity index is 0.000000437. The number of aliphatic hydroxyl groups excluding tert-OH is 2. The maximum atomic E-state index is 8.75. The number of aliphatic hydroxyl groups is 2. The van der Waals surface area contributed by atoms with Crippen molar-refractivity contribution < 1.29 is 14.9 Å². The molecule has 1 aliphatic rings. The molecule has 0 radical (unpaired) electrons. The fourth-order valence-corrected chi connectivity index (χ4v) is 2.24.